The minimum absolute atomic E-state index is 0.0296. The van der Waals surface area contributed by atoms with E-state index in [4.69, 9.17) is 9.47 Å². The molecule has 1 aromatic carbocycles. The predicted octanol–water partition coefficient (Wildman–Crippen LogP) is 2.52. The molecule has 23 heavy (non-hydrogen) atoms. The van der Waals surface area contributed by atoms with E-state index in [-0.39, 0.29) is 17.9 Å². The Labute approximate surface area is 138 Å². The van der Waals surface area contributed by atoms with Crippen LogP contribution in [0.2, 0.25) is 0 Å². The molecule has 0 saturated carbocycles. The first-order valence-corrected chi connectivity index (χ1v) is 8.47. The Hall–Kier alpha value is -1.75. The molecule has 1 aliphatic rings. The molecular formula is C18H28N2O3. The Bertz CT molecular complexity index is 527. The normalized spacial score (nSPS) is 15.9. The first-order chi connectivity index (χ1) is 11.1. The van der Waals surface area contributed by atoms with Crippen LogP contribution in [0.5, 0.6) is 11.5 Å². The number of rotatable bonds is 8. The zero-order chi connectivity index (χ0) is 16.8. The number of carbonyl (C=O) groups is 1. The minimum atomic E-state index is -0.0296. The number of benzene rings is 1. The van der Waals surface area contributed by atoms with Gasteiger partial charge < -0.3 is 20.1 Å². The Morgan fingerprint density at radius 1 is 1.22 bits per heavy atom. The Kier molecular flexibility index (Phi) is 6.28. The summed E-state index contributed by atoms with van der Waals surface area (Å²) >= 11 is 0. The number of hydrogen-bond donors (Lipinski definition) is 2. The topological polar surface area (TPSA) is 59.6 Å². The SMILES string of the molecule is CCOc1ccc(C(NC(=O)C2CNC2)C(C)C)cc1OCC. The van der Waals surface area contributed by atoms with Crippen molar-refractivity contribution < 1.29 is 14.3 Å². The van der Waals surface area contributed by atoms with Gasteiger partial charge in [0.15, 0.2) is 11.5 Å². The van der Waals surface area contributed by atoms with Crippen LogP contribution in [0.1, 0.15) is 39.3 Å². The van der Waals surface area contributed by atoms with Gasteiger partial charge in [0, 0.05) is 13.1 Å². The van der Waals surface area contributed by atoms with Gasteiger partial charge in [-0.25, -0.2) is 0 Å². The molecule has 2 rings (SSSR count). The third-order valence-electron chi connectivity index (χ3n) is 4.04. The Morgan fingerprint density at radius 2 is 1.87 bits per heavy atom. The van der Waals surface area contributed by atoms with Gasteiger partial charge in [-0.1, -0.05) is 19.9 Å². The molecule has 128 valence electrons. The first kappa shape index (κ1) is 17.6. The molecule has 5 nitrogen and oxygen atoms in total. The second kappa shape index (κ2) is 8.20. The van der Waals surface area contributed by atoms with E-state index < -0.39 is 0 Å². The van der Waals surface area contributed by atoms with Crippen LogP contribution in [0.15, 0.2) is 18.2 Å². The lowest BCUT2D eigenvalue weighted by molar-refractivity contribution is -0.127. The number of ether oxygens (including phenoxy) is 2. The molecule has 0 radical (unpaired) electrons. The van der Waals surface area contributed by atoms with Crippen molar-refractivity contribution in [2.45, 2.75) is 33.7 Å². The van der Waals surface area contributed by atoms with Gasteiger partial charge in [0.1, 0.15) is 0 Å². The van der Waals surface area contributed by atoms with E-state index in [1.165, 1.54) is 0 Å². The summed E-state index contributed by atoms with van der Waals surface area (Å²) in [6.45, 7) is 10.8. The standard InChI is InChI=1S/C18H28N2O3/c1-5-22-15-8-7-13(9-16(15)23-6-2)17(12(3)4)20-18(21)14-10-19-11-14/h7-9,12,14,17,19H,5-6,10-11H2,1-4H3,(H,20,21). The van der Waals surface area contributed by atoms with E-state index in [9.17, 15) is 4.79 Å². The maximum absolute atomic E-state index is 12.3. The quantitative estimate of drug-likeness (QED) is 0.773. The molecule has 1 atom stereocenters. The van der Waals surface area contributed by atoms with Crippen molar-refractivity contribution in [3.05, 3.63) is 23.8 Å². The highest BCUT2D eigenvalue weighted by Crippen LogP contribution is 2.33. The molecule has 0 aromatic heterocycles. The molecule has 1 fully saturated rings. The molecular weight excluding hydrogens is 292 g/mol. The Morgan fingerprint density at radius 3 is 2.39 bits per heavy atom. The van der Waals surface area contributed by atoms with Crippen molar-refractivity contribution in [1.82, 2.24) is 10.6 Å². The number of carbonyl (C=O) groups excluding carboxylic acids is 1. The second-order valence-electron chi connectivity index (χ2n) is 6.16. The average Bonchev–Trinajstić information content (AvgIpc) is 2.45. The lowest BCUT2D eigenvalue weighted by atomic mass is 9.94. The molecule has 0 bridgehead atoms. The van der Waals surface area contributed by atoms with E-state index in [0.29, 0.717) is 19.1 Å². The predicted molar refractivity (Wildman–Crippen MR) is 90.9 cm³/mol. The van der Waals surface area contributed by atoms with Gasteiger partial charge in [-0.3, -0.25) is 4.79 Å². The zero-order valence-electron chi connectivity index (χ0n) is 14.5. The zero-order valence-corrected chi connectivity index (χ0v) is 14.5. The largest absolute Gasteiger partial charge is 0.490 e. The van der Waals surface area contributed by atoms with Gasteiger partial charge in [-0.2, -0.15) is 0 Å². The average molecular weight is 320 g/mol. The van der Waals surface area contributed by atoms with E-state index in [2.05, 4.69) is 24.5 Å². The van der Waals surface area contributed by atoms with Crippen molar-refractivity contribution in [2.24, 2.45) is 11.8 Å². The van der Waals surface area contributed by atoms with Gasteiger partial charge in [0.05, 0.1) is 25.2 Å². The van der Waals surface area contributed by atoms with Crippen LogP contribution in [0.25, 0.3) is 0 Å². The summed E-state index contributed by atoms with van der Waals surface area (Å²) in [6.07, 6.45) is 0. The molecule has 1 unspecified atom stereocenters. The summed E-state index contributed by atoms with van der Waals surface area (Å²) in [6, 6.07) is 5.89. The maximum Gasteiger partial charge on any atom is 0.226 e. The van der Waals surface area contributed by atoms with Crippen LogP contribution >= 0.6 is 0 Å². The third-order valence-corrected chi connectivity index (χ3v) is 4.04. The number of nitrogens with one attached hydrogen (secondary N) is 2. The van der Waals surface area contributed by atoms with Crippen LogP contribution in [0.3, 0.4) is 0 Å². The van der Waals surface area contributed by atoms with E-state index in [0.717, 1.165) is 30.2 Å². The molecule has 1 saturated heterocycles. The minimum Gasteiger partial charge on any atom is -0.490 e. The smallest absolute Gasteiger partial charge is 0.226 e. The fourth-order valence-electron chi connectivity index (χ4n) is 2.64. The number of amides is 1. The van der Waals surface area contributed by atoms with Crippen LogP contribution in [-0.4, -0.2) is 32.2 Å². The van der Waals surface area contributed by atoms with Gasteiger partial charge in [0.2, 0.25) is 5.91 Å². The highest BCUT2D eigenvalue weighted by molar-refractivity contribution is 5.80. The summed E-state index contributed by atoms with van der Waals surface area (Å²) in [7, 11) is 0. The van der Waals surface area contributed by atoms with Crippen molar-refractivity contribution in [3.8, 4) is 11.5 Å². The fraction of sp³-hybridized carbons (Fsp3) is 0.611. The molecule has 5 heteroatoms. The van der Waals surface area contributed by atoms with Gasteiger partial charge in [-0.15, -0.1) is 0 Å². The summed E-state index contributed by atoms with van der Waals surface area (Å²) in [5.74, 6) is 1.98. The van der Waals surface area contributed by atoms with Crippen LogP contribution in [0, 0.1) is 11.8 Å². The van der Waals surface area contributed by atoms with Crippen molar-refractivity contribution >= 4 is 5.91 Å². The van der Waals surface area contributed by atoms with E-state index in [1.54, 1.807) is 0 Å². The molecule has 0 aliphatic carbocycles. The van der Waals surface area contributed by atoms with Gasteiger partial charge >= 0.3 is 0 Å². The summed E-state index contributed by atoms with van der Waals surface area (Å²) in [5.41, 5.74) is 1.05. The highest BCUT2D eigenvalue weighted by atomic mass is 16.5. The van der Waals surface area contributed by atoms with E-state index >= 15 is 0 Å². The van der Waals surface area contributed by atoms with Crippen molar-refractivity contribution in [3.63, 3.8) is 0 Å². The lowest BCUT2D eigenvalue weighted by Crippen LogP contribution is -2.51. The molecule has 2 N–H and O–H groups in total. The maximum atomic E-state index is 12.3. The van der Waals surface area contributed by atoms with Crippen molar-refractivity contribution in [2.75, 3.05) is 26.3 Å². The monoisotopic (exact) mass is 320 g/mol. The first-order valence-electron chi connectivity index (χ1n) is 8.47. The summed E-state index contributed by atoms with van der Waals surface area (Å²) in [4.78, 5) is 12.3. The molecule has 0 spiro atoms. The Balaban J connectivity index is 2.20. The molecule has 1 amide bonds. The number of hydrogen-bond acceptors (Lipinski definition) is 4. The third kappa shape index (κ3) is 4.38. The van der Waals surface area contributed by atoms with Crippen molar-refractivity contribution in [1.29, 1.82) is 0 Å². The summed E-state index contributed by atoms with van der Waals surface area (Å²) in [5, 5.41) is 6.31. The molecule has 1 aromatic rings. The molecule has 1 heterocycles. The summed E-state index contributed by atoms with van der Waals surface area (Å²) < 4.78 is 11.3. The lowest BCUT2D eigenvalue weighted by Gasteiger charge is -2.30. The fourth-order valence-corrected chi connectivity index (χ4v) is 2.64. The van der Waals surface area contributed by atoms with Crippen LogP contribution in [-0.2, 0) is 4.79 Å². The van der Waals surface area contributed by atoms with Gasteiger partial charge in [0.25, 0.3) is 0 Å². The van der Waals surface area contributed by atoms with Crippen LogP contribution < -0.4 is 20.1 Å². The second-order valence-corrected chi connectivity index (χ2v) is 6.16. The molecule has 1 aliphatic heterocycles. The van der Waals surface area contributed by atoms with Gasteiger partial charge in [-0.05, 0) is 37.5 Å². The highest BCUT2D eigenvalue weighted by Gasteiger charge is 2.28. The van der Waals surface area contributed by atoms with Crippen LogP contribution in [0.4, 0.5) is 0 Å². The van der Waals surface area contributed by atoms with E-state index in [1.807, 2.05) is 32.0 Å².